The second kappa shape index (κ2) is 6.89. The molecule has 1 N–H and O–H groups in total. The number of halogens is 1. The van der Waals surface area contributed by atoms with E-state index in [9.17, 15) is 4.79 Å². The van der Waals surface area contributed by atoms with Crippen molar-refractivity contribution in [1.29, 1.82) is 0 Å². The van der Waals surface area contributed by atoms with Crippen LogP contribution >= 0.6 is 11.6 Å². The highest BCUT2D eigenvalue weighted by Gasteiger charge is 2.07. The van der Waals surface area contributed by atoms with Gasteiger partial charge >= 0.3 is 0 Å². The fourth-order valence-electron chi connectivity index (χ4n) is 1.84. The molecule has 1 amide bonds. The van der Waals surface area contributed by atoms with Crippen molar-refractivity contribution < 1.29 is 9.53 Å². The molecule has 6 heteroatoms. The van der Waals surface area contributed by atoms with Crippen molar-refractivity contribution in [2.75, 3.05) is 5.32 Å². The molecular weight excluding hydrogens is 314 g/mol. The Morgan fingerprint density at radius 1 is 1.04 bits per heavy atom. The first kappa shape index (κ1) is 15.0. The third-order valence-electron chi connectivity index (χ3n) is 2.95. The number of pyridine rings is 2. The van der Waals surface area contributed by atoms with E-state index < -0.39 is 0 Å². The summed E-state index contributed by atoms with van der Waals surface area (Å²) in [7, 11) is 0. The van der Waals surface area contributed by atoms with Gasteiger partial charge in [-0.3, -0.25) is 9.78 Å². The number of nitrogens with zero attached hydrogens (tertiary/aromatic N) is 2. The average molecular weight is 326 g/mol. The lowest BCUT2D eigenvalue weighted by atomic mass is 10.2. The van der Waals surface area contributed by atoms with Gasteiger partial charge in [0.2, 0.25) is 5.88 Å². The van der Waals surface area contributed by atoms with Crippen molar-refractivity contribution in [3.8, 4) is 11.6 Å². The first-order chi connectivity index (χ1) is 11.2. The van der Waals surface area contributed by atoms with E-state index in [-0.39, 0.29) is 5.91 Å². The Morgan fingerprint density at radius 2 is 1.87 bits per heavy atom. The molecule has 3 aromatic rings. The molecule has 0 fully saturated rings. The number of anilines is 1. The lowest BCUT2D eigenvalue weighted by Crippen LogP contribution is -2.12. The number of nitrogens with one attached hydrogen (secondary N) is 1. The number of carbonyl (C=O) groups excluding carboxylic acids is 1. The van der Waals surface area contributed by atoms with Crippen LogP contribution in [0.5, 0.6) is 11.6 Å². The summed E-state index contributed by atoms with van der Waals surface area (Å²) in [5.74, 6) is 0.753. The molecule has 0 aliphatic rings. The summed E-state index contributed by atoms with van der Waals surface area (Å²) in [5.41, 5.74) is 1.05. The average Bonchev–Trinajstić information content (AvgIpc) is 2.58. The molecular formula is C17H12ClN3O2. The van der Waals surface area contributed by atoms with Crippen molar-refractivity contribution in [3.05, 3.63) is 77.7 Å². The molecule has 3 rings (SSSR count). The topological polar surface area (TPSA) is 64.1 Å². The van der Waals surface area contributed by atoms with Crippen LogP contribution in [0.4, 0.5) is 5.69 Å². The van der Waals surface area contributed by atoms with Gasteiger partial charge in [0.1, 0.15) is 5.75 Å². The molecule has 2 aromatic heterocycles. The molecule has 0 spiro atoms. The molecule has 5 nitrogen and oxygen atoms in total. The van der Waals surface area contributed by atoms with E-state index in [2.05, 4.69) is 15.3 Å². The number of hydrogen-bond donors (Lipinski definition) is 1. The van der Waals surface area contributed by atoms with E-state index >= 15 is 0 Å². The molecule has 2 heterocycles. The summed E-state index contributed by atoms with van der Waals surface area (Å²) in [6.45, 7) is 0. The summed E-state index contributed by atoms with van der Waals surface area (Å²) < 4.78 is 5.57. The third-order valence-corrected chi connectivity index (χ3v) is 3.21. The highest BCUT2D eigenvalue weighted by molar-refractivity contribution is 6.30. The van der Waals surface area contributed by atoms with Crippen LogP contribution in [0.3, 0.4) is 0 Å². The largest absolute Gasteiger partial charge is 0.439 e. The molecule has 0 atom stereocenters. The zero-order valence-electron chi connectivity index (χ0n) is 11.9. The Kier molecular flexibility index (Phi) is 4.49. The number of benzene rings is 1. The van der Waals surface area contributed by atoms with Gasteiger partial charge in [-0.1, -0.05) is 11.6 Å². The minimum atomic E-state index is -0.261. The summed E-state index contributed by atoms with van der Waals surface area (Å²) >= 11 is 5.82. The number of ether oxygens (including phenoxy) is 1. The fraction of sp³-hybridized carbons (Fsp3) is 0. The van der Waals surface area contributed by atoms with Crippen LogP contribution in [0.15, 0.2) is 67.1 Å². The Morgan fingerprint density at radius 3 is 2.52 bits per heavy atom. The van der Waals surface area contributed by atoms with Crippen molar-refractivity contribution in [2.45, 2.75) is 0 Å². The first-order valence-corrected chi connectivity index (χ1v) is 7.19. The first-order valence-electron chi connectivity index (χ1n) is 6.81. The second-order valence-electron chi connectivity index (χ2n) is 4.64. The van der Waals surface area contributed by atoms with Crippen LogP contribution in [0.25, 0.3) is 0 Å². The van der Waals surface area contributed by atoms with Crippen LogP contribution in [0.1, 0.15) is 10.4 Å². The van der Waals surface area contributed by atoms with E-state index in [1.165, 1.54) is 6.20 Å². The highest BCUT2D eigenvalue weighted by Crippen LogP contribution is 2.21. The fourth-order valence-corrected chi connectivity index (χ4v) is 1.96. The van der Waals surface area contributed by atoms with Crippen molar-refractivity contribution >= 4 is 23.2 Å². The van der Waals surface area contributed by atoms with Gasteiger partial charge in [0.05, 0.1) is 17.4 Å². The Hall–Kier alpha value is -2.92. The Labute approximate surface area is 137 Å². The van der Waals surface area contributed by atoms with Crippen LogP contribution < -0.4 is 10.1 Å². The third kappa shape index (κ3) is 4.05. The SMILES string of the molecule is O=C(Nc1cccnc1)c1ccc(Oc2ccc(Cl)cc2)nc1. The summed E-state index contributed by atoms with van der Waals surface area (Å²) in [4.78, 5) is 20.2. The molecule has 23 heavy (non-hydrogen) atoms. The molecule has 0 radical (unpaired) electrons. The molecule has 1 aromatic carbocycles. The van der Waals surface area contributed by atoms with Crippen molar-refractivity contribution in [1.82, 2.24) is 9.97 Å². The van der Waals surface area contributed by atoms with Gasteiger partial charge in [0.15, 0.2) is 0 Å². The number of amides is 1. The molecule has 0 aliphatic carbocycles. The maximum atomic E-state index is 12.1. The molecule has 114 valence electrons. The van der Waals surface area contributed by atoms with Gasteiger partial charge < -0.3 is 10.1 Å². The van der Waals surface area contributed by atoms with E-state index in [0.717, 1.165) is 0 Å². The quantitative estimate of drug-likeness (QED) is 0.781. The van der Waals surface area contributed by atoms with E-state index in [4.69, 9.17) is 16.3 Å². The van der Waals surface area contributed by atoms with Crippen LogP contribution in [-0.2, 0) is 0 Å². The van der Waals surface area contributed by atoms with Crippen molar-refractivity contribution in [3.63, 3.8) is 0 Å². The minimum absolute atomic E-state index is 0.261. The number of hydrogen-bond acceptors (Lipinski definition) is 4. The maximum absolute atomic E-state index is 12.1. The van der Waals surface area contributed by atoms with E-state index in [0.29, 0.717) is 27.9 Å². The van der Waals surface area contributed by atoms with Gasteiger partial charge in [-0.25, -0.2) is 4.98 Å². The lowest BCUT2D eigenvalue weighted by Gasteiger charge is -2.06. The second-order valence-corrected chi connectivity index (χ2v) is 5.07. The van der Waals surface area contributed by atoms with Gasteiger partial charge in [0, 0.05) is 23.5 Å². The maximum Gasteiger partial charge on any atom is 0.257 e. The smallest absolute Gasteiger partial charge is 0.257 e. The minimum Gasteiger partial charge on any atom is -0.439 e. The number of rotatable bonds is 4. The molecule has 0 saturated heterocycles. The highest BCUT2D eigenvalue weighted by atomic mass is 35.5. The van der Waals surface area contributed by atoms with Crippen LogP contribution in [-0.4, -0.2) is 15.9 Å². The zero-order chi connectivity index (χ0) is 16.1. The predicted molar refractivity (Wildman–Crippen MR) is 88.0 cm³/mol. The van der Waals surface area contributed by atoms with Crippen LogP contribution in [0, 0.1) is 0 Å². The van der Waals surface area contributed by atoms with Crippen LogP contribution in [0.2, 0.25) is 5.02 Å². The van der Waals surface area contributed by atoms with Gasteiger partial charge in [-0.2, -0.15) is 0 Å². The zero-order valence-corrected chi connectivity index (χ0v) is 12.7. The lowest BCUT2D eigenvalue weighted by molar-refractivity contribution is 0.102. The van der Waals surface area contributed by atoms with Gasteiger partial charge in [-0.15, -0.1) is 0 Å². The molecule has 0 bridgehead atoms. The van der Waals surface area contributed by atoms with E-state index in [1.807, 2.05) is 0 Å². The van der Waals surface area contributed by atoms with Crippen molar-refractivity contribution in [2.24, 2.45) is 0 Å². The predicted octanol–water partition coefficient (Wildman–Crippen LogP) is 4.17. The summed E-state index contributed by atoms with van der Waals surface area (Å²) in [6, 6.07) is 13.7. The molecule has 0 aliphatic heterocycles. The summed E-state index contributed by atoms with van der Waals surface area (Å²) in [5, 5.41) is 3.37. The Bertz CT molecular complexity index is 790. The number of carbonyl (C=O) groups is 1. The standard InChI is InChI=1S/C17H12ClN3O2/c18-13-4-6-15(7-5-13)23-16-8-3-12(10-20-16)17(22)21-14-2-1-9-19-11-14/h1-11H,(H,21,22). The molecule has 0 unspecified atom stereocenters. The Balaban J connectivity index is 1.66. The van der Waals surface area contributed by atoms with Gasteiger partial charge in [0.25, 0.3) is 5.91 Å². The number of aromatic nitrogens is 2. The van der Waals surface area contributed by atoms with Gasteiger partial charge in [-0.05, 0) is 42.5 Å². The summed E-state index contributed by atoms with van der Waals surface area (Å²) in [6.07, 6.45) is 4.67. The monoisotopic (exact) mass is 325 g/mol. The molecule has 0 saturated carbocycles. The normalized spacial score (nSPS) is 10.1. The van der Waals surface area contributed by atoms with E-state index in [1.54, 1.807) is 60.9 Å².